The van der Waals surface area contributed by atoms with Crippen LogP contribution in [0.5, 0.6) is 0 Å². The second kappa shape index (κ2) is 7.83. The van der Waals surface area contributed by atoms with Gasteiger partial charge in [0.25, 0.3) is 0 Å². The quantitative estimate of drug-likeness (QED) is 0.756. The Morgan fingerprint density at radius 3 is 2.58 bits per heavy atom. The second-order valence-corrected chi connectivity index (χ2v) is 7.70. The normalized spacial score (nSPS) is 14.8. The molecule has 4 nitrogen and oxygen atoms in total. The van der Waals surface area contributed by atoms with Crippen molar-refractivity contribution >= 4 is 17.5 Å². The van der Waals surface area contributed by atoms with E-state index >= 15 is 0 Å². The van der Waals surface area contributed by atoms with Crippen LogP contribution in [0.3, 0.4) is 0 Å². The van der Waals surface area contributed by atoms with E-state index in [0.717, 1.165) is 52.6 Å². The molecule has 1 saturated carbocycles. The predicted octanol–water partition coefficient (Wildman–Crippen LogP) is 4.78. The Kier molecular flexibility index (Phi) is 5.71. The highest BCUT2D eigenvalue weighted by atomic mass is 35.5. The third-order valence-electron chi connectivity index (χ3n) is 5.60. The highest BCUT2D eigenvalue weighted by Gasteiger charge is 2.27. The lowest BCUT2D eigenvalue weighted by atomic mass is 10.1. The maximum atomic E-state index is 12.9. The lowest BCUT2D eigenvalue weighted by Crippen LogP contribution is -2.39. The summed E-state index contributed by atoms with van der Waals surface area (Å²) in [7, 11) is 0. The van der Waals surface area contributed by atoms with Crippen molar-refractivity contribution in [3.8, 4) is 5.69 Å². The predicted molar refractivity (Wildman–Crippen MR) is 106 cm³/mol. The lowest BCUT2D eigenvalue weighted by Gasteiger charge is -2.27. The fourth-order valence-corrected chi connectivity index (χ4v) is 4.18. The molecule has 5 heteroatoms. The minimum Gasteiger partial charge on any atom is -0.340 e. The fraction of sp³-hybridized carbons (Fsp3) is 0.524. The Morgan fingerprint density at radius 1 is 1.27 bits per heavy atom. The number of hydrogen-bond donors (Lipinski definition) is 0. The third kappa shape index (κ3) is 3.66. The summed E-state index contributed by atoms with van der Waals surface area (Å²) in [5, 5.41) is 5.40. The van der Waals surface area contributed by atoms with Gasteiger partial charge in [0.05, 0.1) is 17.8 Å². The van der Waals surface area contributed by atoms with Gasteiger partial charge in [0.1, 0.15) is 0 Å². The summed E-state index contributed by atoms with van der Waals surface area (Å²) >= 11 is 6.28. The smallest absolute Gasteiger partial charge is 0.227 e. The Labute approximate surface area is 161 Å². The Hall–Kier alpha value is -1.81. The number of aromatic nitrogens is 2. The summed E-state index contributed by atoms with van der Waals surface area (Å²) in [6, 6.07) is 6.36. The van der Waals surface area contributed by atoms with Gasteiger partial charge in [-0.3, -0.25) is 4.79 Å². The topological polar surface area (TPSA) is 38.1 Å². The van der Waals surface area contributed by atoms with Gasteiger partial charge in [-0.05, 0) is 58.2 Å². The van der Waals surface area contributed by atoms with E-state index in [0.29, 0.717) is 12.5 Å². The SMILES string of the molecule is CCN(C(=O)Cc1c(C)nn(-c2ccc(C)c(Cl)c2)c1C)C1CCCC1. The number of amides is 1. The van der Waals surface area contributed by atoms with Gasteiger partial charge in [0, 0.05) is 28.9 Å². The number of nitrogens with zero attached hydrogens (tertiary/aromatic N) is 3. The fourth-order valence-electron chi connectivity index (χ4n) is 4.00. The van der Waals surface area contributed by atoms with Crippen molar-refractivity contribution in [2.24, 2.45) is 0 Å². The van der Waals surface area contributed by atoms with Crippen LogP contribution in [0.25, 0.3) is 5.69 Å². The molecule has 0 radical (unpaired) electrons. The number of carbonyl (C=O) groups is 1. The summed E-state index contributed by atoms with van der Waals surface area (Å²) in [6.45, 7) is 8.85. The number of hydrogen-bond acceptors (Lipinski definition) is 2. The van der Waals surface area contributed by atoms with Gasteiger partial charge in [-0.1, -0.05) is 30.5 Å². The van der Waals surface area contributed by atoms with E-state index in [2.05, 4.69) is 16.9 Å². The average Bonchev–Trinajstić information content (AvgIpc) is 3.22. The number of benzene rings is 1. The molecule has 0 bridgehead atoms. The molecule has 1 aromatic carbocycles. The highest BCUT2D eigenvalue weighted by molar-refractivity contribution is 6.31. The highest BCUT2D eigenvalue weighted by Crippen LogP contribution is 2.26. The Balaban J connectivity index is 1.85. The molecule has 0 aliphatic heterocycles. The molecule has 0 spiro atoms. The first kappa shape index (κ1) is 19.0. The number of likely N-dealkylation sites (N-methyl/N-ethyl adjacent to an activating group) is 1. The van der Waals surface area contributed by atoms with Crippen molar-refractivity contribution < 1.29 is 4.79 Å². The van der Waals surface area contributed by atoms with Crippen molar-refractivity contribution in [2.75, 3.05) is 6.54 Å². The van der Waals surface area contributed by atoms with Gasteiger partial charge in [-0.15, -0.1) is 0 Å². The molecule has 1 heterocycles. The molecular formula is C21H28ClN3O. The van der Waals surface area contributed by atoms with Gasteiger partial charge in [0.15, 0.2) is 0 Å². The van der Waals surface area contributed by atoms with Crippen molar-refractivity contribution in [3.63, 3.8) is 0 Å². The molecule has 26 heavy (non-hydrogen) atoms. The largest absolute Gasteiger partial charge is 0.340 e. The van der Waals surface area contributed by atoms with Gasteiger partial charge >= 0.3 is 0 Å². The molecule has 140 valence electrons. The maximum absolute atomic E-state index is 12.9. The van der Waals surface area contributed by atoms with Crippen LogP contribution in [0.15, 0.2) is 18.2 Å². The average molecular weight is 374 g/mol. The van der Waals surface area contributed by atoms with E-state index in [1.165, 1.54) is 12.8 Å². The zero-order valence-electron chi connectivity index (χ0n) is 16.2. The summed E-state index contributed by atoms with van der Waals surface area (Å²) in [6.07, 6.45) is 5.16. The molecule has 0 unspecified atom stereocenters. The van der Waals surface area contributed by atoms with Crippen LogP contribution in [-0.4, -0.2) is 33.2 Å². The van der Waals surface area contributed by atoms with Crippen LogP contribution in [0.2, 0.25) is 5.02 Å². The minimum absolute atomic E-state index is 0.215. The molecule has 1 fully saturated rings. The molecule has 0 saturated heterocycles. The lowest BCUT2D eigenvalue weighted by molar-refractivity contribution is -0.132. The van der Waals surface area contributed by atoms with Gasteiger partial charge in [-0.2, -0.15) is 5.10 Å². The first-order valence-electron chi connectivity index (χ1n) is 9.53. The van der Waals surface area contributed by atoms with Gasteiger partial charge in [0.2, 0.25) is 5.91 Å². The zero-order chi connectivity index (χ0) is 18.8. The van der Waals surface area contributed by atoms with Gasteiger partial charge in [-0.25, -0.2) is 4.68 Å². The summed E-state index contributed by atoms with van der Waals surface area (Å²) in [5.74, 6) is 0.215. The number of halogens is 1. The first-order chi connectivity index (χ1) is 12.4. The standard InChI is InChI=1S/C21H28ClN3O/c1-5-24(17-8-6-7-9-17)21(26)13-19-15(3)23-25(16(19)4)18-11-10-14(2)20(22)12-18/h10-12,17H,5-9,13H2,1-4H3. The van der Waals surface area contributed by atoms with Crippen LogP contribution in [0.4, 0.5) is 0 Å². The van der Waals surface area contributed by atoms with Crippen LogP contribution in [0.1, 0.15) is 55.1 Å². The molecule has 3 rings (SSSR count). The van der Waals surface area contributed by atoms with E-state index in [9.17, 15) is 4.79 Å². The van der Waals surface area contributed by atoms with E-state index in [-0.39, 0.29) is 5.91 Å². The maximum Gasteiger partial charge on any atom is 0.227 e. The molecule has 2 aromatic rings. The summed E-state index contributed by atoms with van der Waals surface area (Å²) in [4.78, 5) is 15.0. The first-order valence-corrected chi connectivity index (χ1v) is 9.91. The second-order valence-electron chi connectivity index (χ2n) is 7.29. The van der Waals surface area contributed by atoms with E-state index in [4.69, 9.17) is 11.6 Å². The number of aryl methyl sites for hydroxylation is 2. The van der Waals surface area contributed by atoms with Gasteiger partial charge < -0.3 is 4.90 Å². The van der Waals surface area contributed by atoms with Crippen LogP contribution in [-0.2, 0) is 11.2 Å². The Morgan fingerprint density at radius 2 is 1.96 bits per heavy atom. The van der Waals surface area contributed by atoms with Crippen LogP contribution >= 0.6 is 11.6 Å². The van der Waals surface area contributed by atoms with E-state index in [1.807, 2.05) is 43.7 Å². The molecular weight excluding hydrogens is 346 g/mol. The number of rotatable bonds is 5. The monoisotopic (exact) mass is 373 g/mol. The summed E-state index contributed by atoms with van der Waals surface area (Å²) in [5.41, 5.74) is 4.93. The Bertz CT molecular complexity index is 806. The molecule has 0 N–H and O–H groups in total. The van der Waals surface area contributed by atoms with Crippen molar-refractivity contribution in [1.82, 2.24) is 14.7 Å². The molecule has 0 atom stereocenters. The summed E-state index contributed by atoms with van der Waals surface area (Å²) < 4.78 is 1.90. The van der Waals surface area contributed by atoms with Crippen molar-refractivity contribution in [3.05, 3.63) is 45.7 Å². The molecule has 1 aliphatic rings. The molecule has 1 aliphatic carbocycles. The van der Waals surface area contributed by atoms with Crippen LogP contribution in [0, 0.1) is 20.8 Å². The van der Waals surface area contributed by atoms with Crippen LogP contribution < -0.4 is 0 Å². The van der Waals surface area contributed by atoms with E-state index in [1.54, 1.807) is 0 Å². The van der Waals surface area contributed by atoms with E-state index < -0.39 is 0 Å². The number of carbonyl (C=O) groups excluding carboxylic acids is 1. The van der Waals surface area contributed by atoms with Crippen molar-refractivity contribution in [1.29, 1.82) is 0 Å². The third-order valence-corrected chi connectivity index (χ3v) is 6.00. The molecule has 1 amide bonds. The molecule has 1 aromatic heterocycles. The van der Waals surface area contributed by atoms with Crippen molar-refractivity contribution in [2.45, 2.75) is 65.8 Å². The zero-order valence-corrected chi connectivity index (χ0v) is 16.9. The minimum atomic E-state index is 0.215.